The van der Waals surface area contributed by atoms with E-state index in [1.54, 1.807) is 29.4 Å². The third-order valence-electron chi connectivity index (χ3n) is 4.71. The number of nitrogens with one attached hydrogen (secondary N) is 1. The molecule has 2 amide bonds. The SMILES string of the molecule is Cc1ccc(C)c(NC(=O)C2CCN(C(=O)c3cccnc3)CC2)c1. The molecule has 130 valence electrons. The Morgan fingerprint density at radius 2 is 1.92 bits per heavy atom. The van der Waals surface area contributed by atoms with Gasteiger partial charge in [0.15, 0.2) is 0 Å². The van der Waals surface area contributed by atoms with E-state index >= 15 is 0 Å². The lowest BCUT2D eigenvalue weighted by Crippen LogP contribution is -2.41. The summed E-state index contributed by atoms with van der Waals surface area (Å²) in [5.74, 6) is -0.0264. The Hall–Kier alpha value is -2.69. The molecule has 2 aromatic rings. The maximum atomic E-state index is 12.6. The van der Waals surface area contributed by atoms with Gasteiger partial charge in [-0.3, -0.25) is 14.6 Å². The Balaban J connectivity index is 1.57. The standard InChI is InChI=1S/C20H23N3O2/c1-14-5-6-15(2)18(12-14)22-19(24)16-7-10-23(11-8-16)20(25)17-4-3-9-21-13-17/h3-6,9,12-13,16H,7-8,10-11H2,1-2H3,(H,22,24). The van der Waals surface area contributed by atoms with E-state index in [1.165, 1.54) is 0 Å². The molecule has 0 atom stereocenters. The molecule has 25 heavy (non-hydrogen) atoms. The van der Waals surface area contributed by atoms with Gasteiger partial charge in [0.2, 0.25) is 5.91 Å². The number of carbonyl (C=O) groups is 2. The first-order valence-electron chi connectivity index (χ1n) is 8.62. The number of aryl methyl sites for hydroxylation is 2. The van der Waals surface area contributed by atoms with E-state index in [-0.39, 0.29) is 17.7 Å². The lowest BCUT2D eigenvalue weighted by Gasteiger charge is -2.31. The molecule has 1 aliphatic rings. The van der Waals surface area contributed by atoms with Crippen molar-refractivity contribution in [1.82, 2.24) is 9.88 Å². The molecule has 0 saturated carbocycles. The van der Waals surface area contributed by atoms with Gasteiger partial charge in [-0.2, -0.15) is 0 Å². The molecular formula is C20H23N3O2. The van der Waals surface area contributed by atoms with Gasteiger partial charge in [0.1, 0.15) is 0 Å². The average Bonchev–Trinajstić information content (AvgIpc) is 2.65. The predicted molar refractivity (Wildman–Crippen MR) is 97.4 cm³/mol. The van der Waals surface area contributed by atoms with Crippen molar-refractivity contribution < 1.29 is 9.59 Å². The monoisotopic (exact) mass is 337 g/mol. The quantitative estimate of drug-likeness (QED) is 0.935. The molecule has 1 N–H and O–H groups in total. The number of piperidine rings is 1. The van der Waals surface area contributed by atoms with Crippen LogP contribution in [0.3, 0.4) is 0 Å². The second-order valence-corrected chi connectivity index (χ2v) is 6.62. The van der Waals surface area contributed by atoms with Crippen LogP contribution in [0.2, 0.25) is 0 Å². The van der Waals surface area contributed by atoms with Gasteiger partial charge in [-0.05, 0) is 56.0 Å². The van der Waals surface area contributed by atoms with Gasteiger partial charge >= 0.3 is 0 Å². The summed E-state index contributed by atoms with van der Waals surface area (Å²) in [7, 11) is 0. The molecule has 0 spiro atoms. The maximum absolute atomic E-state index is 12.6. The fraction of sp³-hybridized carbons (Fsp3) is 0.350. The normalized spacial score (nSPS) is 15.0. The minimum Gasteiger partial charge on any atom is -0.339 e. The Labute approximate surface area is 148 Å². The first kappa shape index (κ1) is 17.1. The molecule has 1 aromatic carbocycles. The van der Waals surface area contributed by atoms with Crippen molar-refractivity contribution in [3.63, 3.8) is 0 Å². The largest absolute Gasteiger partial charge is 0.339 e. The van der Waals surface area contributed by atoms with Crippen molar-refractivity contribution in [3.8, 4) is 0 Å². The van der Waals surface area contributed by atoms with Crippen LogP contribution in [0.15, 0.2) is 42.7 Å². The molecule has 1 fully saturated rings. The number of hydrogen-bond donors (Lipinski definition) is 1. The number of amides is 2. The highest BCUT2D eigenvalue weighted by molar-refractivity contribution is 5.95. The zero-order valence-electron chi connectivity index (χ0n) is 14.7. The molecule has 0 unspecified atom stereocenters. The molecule has 5 nitrogen and oxygen atoms in total. The minimum atomic E-state index is -0.0575. The van der Waals surface area contributed by atoms with Crippen molar-refractivity contribution in [1.29, 1.82) is 0 Å². The summed E-state index contributed by atoms with van der Waals surface area (Å²) in [6.45, 7) is 5.19. The van der Waals surface area contributed by atoms with Gasteiger partial charge in [-0.1, -0.05) is 12.1 Å². The molecule has 2 heterocycles. The molecule has 1 saturated heterocycles. The Bertz CT molecular complexity index is 766. The number of carbonyl (C=O) groups excluding carboxylic acids is 2. The number of anilines is 1. The van der Waals surface area contributed by atoms with Crippen molar-refractivity contribution in [2.75, 3.05) is 18.4 Å². The molecular weight excluding hydrogens is 314 g/mol. The van der Waals surface area contributed by atoms with Crippen molar-refractivity contribution >= 4 is 17.5 Å². The number of hydrogen-bond acceptors (Lipinski definition) is 3. The van der Waals surface area contributed by atoms with Crippen LogP contribution in [-0.2, 0) is 4.79 Å². The Morgan fingerprint density at radius 1 is 1.16 bits per heavy atom. The number of likely N-dealkylation sites (tertiary alicyclic amines) is 1. The summed E-state index contributed by atoms with van der Waals surface area (Å²) in [4.78, 5) is 30.8. The van der Waals surface area contributed by atoms with Gasteiger partial charge in [-0.25, -0.2) is 0 Å². The number of pyridine rings is 1. The molecule has 1 aromatic heterocycles. The number of rotatable bonds is 3. The Morgan fingerprint density at radius 3 is 2.60 bits per heavy atom. The zero-order chi connectivity index (χ0) is 17.8. The van der Waals surface area contributed by atoms with Crippen molar-refractivity contribution in [2.24, 2.45) is 5.92 Å². The lowest BCUT2D eigenvalue weighted by atomic mass is 9.95. The third-order valence-corrected chi connectivity index (χ3v) is 4.71. The summed E-state index contributed by atoms with van der Waals surface area (Å²) in [5, 5.41) is 3.04. The van der Waals surface area contributed by atoms with Gasteiger partial charge in [-0.15, -0.1) is 0 Å². The van der Waals surface area contributed by atoms with E-state index in [0.717, 1.165) is 16.8 Å². The second-order valence-electron chi connectivity index (χ2n) is 6.62. The highest BCUT2D eigenvalue weighted by atomic mass is 16.2. The van der Waals surface area contributed by atoms with Crippen LogP contribution in [0.25, 0.3) is 0 Å². The van der Waals surface area contributed by atoms with E-state index in [2.05, 4.69) is 10.3 Å². The van der Waals surface area contributed by atoms with E-state index in [9.17, 15) is 9.59 Å². The van der Waals surface area contributed by atoms with E-state index < -0.39 is 0 Å². The van der Waals surface area contributed by atoms with Gasteiger partial charge in [0.25, 0.3) is 5.91 Å². The lowest BCUT2D eigenvalue weighted by molar-refractivity contribution is -0.121. The average molecular weight is 337 g/mol. The summed E-state index contributed by atoms with van der Waals surface area (Å²) < 4.78 is 0. The van der Waals surface area contributed by atoms with Crippen LogP contribution < -0.4 is 5.32 Å². The first-order valence-corrected chi connectivity index (χ1v) is 8.62. The molecule has 0 aliphatic carbocycles. The molecule has 0 bridgehead atoms. The van der Waals surface area contributed by atoms with Crippen LogP contribution in [0.5, 0.6) is 0 Å². The van der Waals surface area contributed by atoms with Crippen molar-refractivity contribution in [3.05, 3.63) is 59.4 Å². The van der Waals surface area contributed by atoms with E-state index in [0.29, 0.717) is 31.5 Å². The van der Waals surface area contributed by atoms with Gasteiger partial charge in [0.05, 0.1) is 5.56 Å². The predicted octanol–water partition coefficient (Wildman–Crippen LogP) is 3.19. The number of nitrogens with zero attached hydrogens (tertiary/aromatic N) is 2. The fourth-order valence-corrected chi connectivity index (χ4v) is 3.12. The molecule has 1 aliphatic heterocycles. The smallest absolute Gasteiger partial charge is 0.255 e. The van der Waals surface area contributed by atoms with E-state index in [1.807, 2.05) is 32.0 Å². The van der Waals surface area contributed by atoms with Gasteiger partial charge < -0.3 is 10.2 Å². The fourth-order valence-electron chi connectivity index (χ4n) is 3.12. The van der Waals surface area contributed by atoms with Crippen LogP contribution >= 0.6 is 0 Å². The Kier molecular flexibility index (Phi) is 5.12. The molecule has 3 rings (SSSR count). The summed E-state index contributed by atoms with van der Waals surface area (Å²) in [5.41, 5.74) is 3.65. The van der Waals surface area contributed by atoms with Crippen LogP contribution in [-0.4, -0.2) is 34.8 Å². The molecule has 5 heteroatoms. The minimum absolute atomic E-state index is 0.0125. The van der Waals surface area contributed by atoms with Crippen LogP contribution in [0.4, 0.5) is 5.69 Å². The van der Waals surface area contributed by atoms with E-state index in [4.69, 9.17) is 0 Å². The molecule has 0 radical (unpaired) electrons. The third kappa shape index (κ3) is 4.05. The summed E-state index contributed by atoms with van der Waals surface area (Å²) in [6, 6.07) is 9.58. The maximum Gasteiger partial charge on any atom is 0.255 e. The second kappa shape index (κ2) is 7.47. The van der Waals surface area contributed by atoms with Gasteiger partial charge in [0, 0.05) is 37.1 Å². The van der Waals surface area contributed by atoms with Crippen LogP contribution in [0, 0.1) is 19.8 Å². The number of aromatic nitrogens is 1. The highest BCUT2D eigenvalue weighted by Crippen LogP contribution is 2.22. The van der Waals surface area contributed by atoms with Crippen molar-refractivity contribution in [2.45, 2.75) is 26.7 Å². The first-order chi connectivity index (χ1) is 12.0. The zero-order valence-corrected chi connectivity index (χ0v) is 14.7. The highest BCUT2D eigenvalue weighted by Gasteiger charge is 2.28. The topological polar surface area (TPSA) is 62.3 Å². The summed E-state index contributed by atoms with van der Waals surface area (Å²) in [6.07, 6.45) is 4.60. The van der Waals surface area contributed by atoms with Crippen LogP contribution in [0.1, 0.15) is 34.3 Å². The summed E-state index contributed by atoms with van der Waals surface area (Å²) >= 11 is 0. The number of benzene rings is 1.